The van der Waals surface area contributed by atoms with Gasteiger partial charge >= 0.3 is 0 Å². The van der Waals surface area contributed by atoms with E-state index in [1.54, 1.807) is 22.9 Å². The number of benzene rings is 1. The van der Waals surface area contributed by atoms with Crippen LogP contribution < -0.4 is 11.1 Å². The summed E-state index contributed by atoms with van der Waals surface area (Å²) in [5.74, 6) is 1.09. The van der Waals surface area contributed by atoms with Gasteiger partial charge in [0.05, 0.1) is 16.1 Å². The lowest BCUT2D eigenvalue weighted by Crippen LogP contribution is -2.46. The van der Waals surface area contributed by atoms with E-state index < -0.39 is 5.41 Å². The summed E-state index contributed by atoms with van der Waals surface area (Å²) in [5.41, 5.74) is 6.63. The van der Waals surface area contributed by atoms with Crippen LogP contribution in [-0.4, -0.2) is 45.9 Å². The van der Waals surface area contributed by atoms with Crippen LogP contribution in [0.25, 0.3) is 5.69 Å². The standard InChI is InChI=1S/C17H21ClN6O2.ClH/c18-13-4-3-12(20-16(25)17(10-19)5-7-26-8-6-17)9-14(13)24-15(11-1-2-11)21-22-23-24;/h3-4,9,11H,1-2,5-8,10,19H2,(H,20,25);1H. The van der Waals surface area contributed by atoms with E-state index in [4.69, 9.17) is 22.1 Å². The largest absolute Gasteiger partial charge is 0.381 e. The van der Waals surface area contributed by atoms with E-state index >= 15 is 0 Å². The van der Waals surface area contributed by atoms with Gasteiger partial charge in [-0.25, -0.2) is 0 Å². The van der Waals surface area contributed by atoms with Crippen molar-refractivity contribution in [2.75, 3.05) is 25.1 Å². The minimum Gasteiger partial charge on any atom is -0.381 e. The summed E-state index contributed by atoms with van der Waals surface area (Å²) in [7, 11) is 0. The highest BCUT2D eigenvalue weighted by atomic mass is 35.5. The molecule has 1 amide bonds. The van der Waals surface area contributed by atoms with E-state index in [2.05, 4.69) is 20.8 Å². The molecular formula is C17H22Cl2N6O2. The van der Waals surface area contributed by atoms with Crippen molar-refractivity contribution < 1.29 is 9.53 Å². The number of carbonyl (C=O) groups is 1. The summed E-state index contributed by atoms with van der Waals surface area (Å²) in [5, 5.41) is 15.5. The predicted octanol–water partition coefficient (Wildman–Crippen LogP) is 2.31. The van der Waals surface area contributed by atoms with Gasteiger partial charge in [-0.15, -0.1) is 17.5 Å². The van der Waals surface area contributed by atoms with Gasteiger partial charge in [0, 0.05) is 31.4 Å². The summed E-state index contributed by atoms with van der Waals surface area (Å²) < 4.78 is 7.03. The van der Waals surface area contributed by atoms with Crippen LogP contribution >= 0.6 is 24.0 Å². The number of nitrogens with one attached hydrogen (secondary N) is 1. The number of amides is 1. The molecule has 0 unspecified atom stereocenters. The van der Waals surface area contributed by atoms with E-state index in [0.29, 0.717) is 54.9 Å². The first kappa shape index (κ1) is 20.0. The third-order valence-electron chi connectivity index (χ3n) is 5.19. The Morgan fingerprint density at radius 2 is 2.11 bits per heavy atom. The molecule has 1 saturated carbocycles. The first-order valence-electron chi connectivity index (χ1n) is 8.80. The van der Waals surface area contributed by atoms with Gasteiger partial charge in [0.1, 0.15) is 0 Å². The van der Waals surface area contributed by atoms with Crippen LogP contribution in [0.1, 0.15) is 37.4 Å². The number of anilines is 1. The number of nitrogens with two attached hydrogens (primary N) is 1. The van der Waals surface area contributed by atoms with Crippen molar-refractivity contribution in [2.24, 2.45) is 11.1 Å². The fraction of sp³-hybridized carbons (Fsp3) is 0.529. The summed E-state index contributed by atoms with van der Waals surface area (Å²) in [6, 6.07) is 5.31. The molecule has 8 nitrogen and oxygen atoms in total. The van der Waals surface area contributed by atoms with Gasteiger partial charge in [-0.1, -0.05) is 11.6 Å². The SMILES string of the molecule is Cl.NCC1(C(=O)Nc2ccc(Cl)c(-n3nnnc3C3CC3)c2)CCOCC1. The maximum Gasteiger partial charge on any atom is 0.232 e. The first-order valence-corrected chi connectivity index (χ1v) is 9.18. The fourth-order valence-electron chi connectivity index (χ4n) is 3.26. The zero-order chi connectivity index (χ0) is 18.1. The molecule has 2 fully saturated rings. The van der Waals surface area contributed by atoms with Gasteiger partial charge < -0.3 is 15.8 Å². The topological polar surface area (TPSA) is 108 Å². The summed E-state index contributed by atoms with van der Waals surface area (Å²) in [6.45, 7) is 1.39. The van der Waals surface area contributed by atoms with Crippen LogP contribution in [0.3, 0.4) is 0 Å². The highest BCUT2D eigenvalue weighted by molar-refractivity contribution is 6.32. The molecule has 0 atom stereocenters. The quantitative estimate of drug-likeness (QED) is 0.779. The third-order valence-corrected chi connectivity index (χ3v) is 5.51. The molecule has 1 aromatic heterocycles. The summed E-state index contributed by atoms with van der Waals surface area (Å²) in [4.78, 5) is 12.9. The predicted molar refractivity (Wildman–Crippen MR) is 104 cm³/mol. The second kappa shape index (κ2) is 8.10. The van der Waals surface area contributed by atoms with Gasteiger partial charge in [-0.2, -0.15) is 4.68 Å². The van der Waals surface area contributed by atoms with Crippen molar-refractivity contribution >= 4 is 35.6 Å². The summed E-state index contributed by atoms with van der Waals surface area (Å²) >= 11 is 6.36. The first-order chi connectivity index (χ1) is 12.6. The highest BCUT2D eigenvalue weighted by Crippen LogP contribution is 2.40. The Balaban J connectivity index is 0.00000210. The van der Waals surface area contributed by atoms with Gasteiger partial charge in [0.15, 0.2) is 5.82 Å². The lowest BCUT2D eigenvalue weighted by molar-refractivity contribution is -0.130. The van der Waals surface area contributed by atoms with E-state index in [9.17, 15) is 4.79 Å². The average molecular weight is 413 g/mol. The van der Waals surface area contributed by atoms with E-state index in [1.807, 2.05) is 0 Å². The van der Waals surface area contributed by atoms with Crippen molar-refractivity contribution in [3.05, 3.63) is 29.0 Å². The molecule has 0 radical (unpaired) electrons. The highest BCUT2D eigenvalue weighted by Gasteiger charge is 2.39. The molecule has 0 spiro atoms. The molecule has 2 heterocycles. The van der Waals surface area contributed by atoms with E-state index in [1.165, 1.54) is 0 Å². The van der Waals surface area contributed by atoms with Gasteiger partial charge in [0.25, 0.3) is 0 Å². The van der Waals surface area contributed by atoms with E-state index in [0.717, 1.165) is 18.7 Å². The number of ether oxygens (including phenoxy) is 1. The smallest absolute Gasteiger partial charge is 0.232 e. The average Bonchev–Trinajstić information content (AvgIpc) is 3.40. The molecule has 1 aliphatic heterocycles. The lowest BCUT2D eigenvalue weighted by Gasteiger charge is -2.34. The number of hydrogen-bond donors (Lipinski definition) is 2. The molecule has 1 aliphatic carbocycles. The van der Waals surface area contributed by atoms with Gasteiger partial charge in [-0.05, 0) is 54.3 Å². The maximum absolute atomic E-state index is 12.9. The molecule has 4 rings (SSSR count). The van der Waals surface area contributed by atoms with Crippen molar-refractivity contribution in [3.63, 3.8) is 0 Å². The van der Waals surface area contributed by atoms with Crippen LogP contribution in [0.5, 0.6) is 0 Å². The molecule has 146 valence electrons. The molecule has 27 heavy (non-hydrogen) atoms. The molecule has 10 heteroatoms. The molecule has 1 saturated heterocycles. The minimum absolute atomic E-state index is 0. The third kappa shape index (κ3) is 3.94. The monoisotopic (exact) mass is 412 g/mol. The Hall–Kier alpha value is -1.74. The van der Waals surface area contributed by atoms with E-state index in [-0.39, 0.29) is 18.3 Å². The number of halogens is 2. The number of carbonyl (C=O) groups excluding carboxylic acids is 1. The van der Waals surface area contributed by atoms with Crippen LogP contribution in [0.2, 0.25) is 5.02 Å². The van der Waals surface area contributed by atoms with Crippen LogP contribution in [-0.2, 0) is 9.53 Å². The van der Waals surface area contributed by atoms with Gasteiger partial charge in [0.2, 0.25) is 5.91 Å². The van der Waals surface area contributed by atoms with Crippen LogP contribution in [0.4, 0.5) is 5.69 Å². The molecule has 1 aromatic carbocycles. The molecule has 2 aliphatic rings. The zero-order valence-corrected chi connectivity index (χ0v) is 16.3. The second-order valence-electron chi connectivity index (χ2n) is 6.94. The van der Waals surface area contributed by atoms with Crippen LogP contribution in [0.15, 0.2) is 18.2 Å². The Labute approximate surface area is 168 Å². The summed E-state index contributed by atoms with van der Waals surface area (Å²) in [6.07, 6.45) is 3.40. The Morgan fingerprint density at radius 3 is 2.78 bits per heavy atom. The zero-order valence-electron chi connectivity index (χ0n) is 14.7. The minimum atomic E-state index is -0.591. The number of nitrogens with zero attached hydrogens (tertiary/aromatic N) is 4. The number of hydrogen-bond acceptors (Lipinski definition) is 6. The maximum atomic E-state index is 12.9. The van der Waals surface area contributed by atoms with Crippen molar-refractivity contribution in [2.45, 2.75) is 31.6 Å². The van der Waals surface area contributed by atoms with Crippen molar-refractivity contribution in [3.8, 4) is 5.69 Å². The number of tetrazole rings is 1. The number of aromatic nitrogens is 4. The fourth-order valence-corrected chi connectivity index (χ4v) is 3.46. The van der Waals surface area contributed by atoms with Crippen molar-refractivity contribution in [1.29, 1.82) is 0 Å². The molecule has 3 N–H and O–H groups in total. The van der Waals surface area contributed by atoms with Crippen LogP contribution in [0, 0.1) is 5.41 Å². The Bertz CT molecular complexity index is 818. The molecule has 0 bridgehead atoms. The van der Waals surface area contributed by atoms with Gasteiger partial charge in [-0.3, -0.25) is 4.79 Å². The Kier molecular flexibility index (Phi) is 6.00. The lowest BCUT2D eigenvalue weighted by atomic mass is 9.79. The van der Waals surface area contributed by atoms with Crippen molar-refractivity contribution in [1.82, 2.24) is 20.2 Å². The second-order valence-corrected chi connectivity index (χ2v) is 7.35. The molecule has 2 aromatic rings. The molecular weight excluding hydrogens is 391 g/mol. The Morgan fingerprint density at radius 1 is 1.37 bits per heavy atom. The normalized spacial score (nSPS) is 18.6. The number of rotatable bonds is 5.